The highest BCUT2D eigenvalue weighted by Gasteiger charge is 2.26. The van der Waals surface area contributed by atoms with E-state index in [0.29, 0.717) is 13.0 Å². The second-order valence-electron chi connectivity index (χ2n) is 5.64. The third-order valence-electron chi connectivity index (χ3n) is 2.94. The zero-order valence-electron chi connectivity index (χ0n) is 11.5. The van der Waals surface area contributed by atoms with E-state index >= 15 is 0 Å². The third kappa shape index (κ3) is 4.87. The van der Waals surface area contributed by atoms with Crippen LogP contribution in [0.4, 0.5) is 0 Å². The Morgan fingerprint density at radius 2 is 2.22 bits per heavy atom. The number of rotatable bonds is 6. The van der Waals surface area contributed by atoms with Crippen molar-refractivity contribution in [3.8, 4) is 0 Å². The highest BCUT2D eigenvalue weighted by Crippen LogP contribution is 2.20. The molecule has 1 unspecified atom stereocenters. The van der Waals surface area contributed by atoms with Crippen molar-refractivity contribution in [1.29, 1.82) is 0 Å². The van der Waals surface area contributed by atoms with Gasteiger partial charge in [0.25, 0.3) is 0 Å². The normalized spacial score (nSPS) is 13.3. The molecule has 0 saturated carbocycles. The summed E-state index contributed by atoms with van der Waals surface area (Å²) in [5.74, 6) is 0.0699. The molecule has 1 heterocycles. The van der Waals surface area contributed by atoms with Crippen LogP contribution in [0.1, 0.15) is 33.6 Å². The van der Waals surface area contributed by atoms with Gasteiger partial charge in [-0.3, -0.25) is 4.79 Å². The smallest absolute Gasteiger partial charge is 0.220 e. The molecule has 0 aromatic carbocycles. The second-order valence-corrected chi connectivity index (χ2v) is 5.64. The average molecular weight is 252 g/mol. The second kappa shape index (κ2) is 6.54. The Kier molecular flexibility index (Phi) is 5.34. The summed E-state index contributed by atoms with van der Waals surface area (Å²) >= 11 is 0. The summed E-state index contributed by atoms with van der Waals surface area (Å²) in [5.41, 5.74) is 5.41. The number of carbonyl (C=O) groups excluding carboxylic acids is 1. The number of nitrogens with one attached hydrogen (secondary N) is 1. The van der Waals surface area contributed by atoms with Crippen molar-refractivity contribution in [2.45, 2.75) is 46.2 Å². The molecular weight excluding hydrogens is 228 g/mol. The van der Waals surface area contributed by atoms with E-state index in [4.69, 9.17) is 5.73 Å². The lowest BCUT2D eigenvalue weighted by Crippen LogP contribution is -2.46. The Labute approximate surface area is 109 Å². The number of nitrogens with zero attached hydrogens (tertiary/aromatic N) is 2. The van der Waals surface area contributed by atoms with E-state index in [2.05, 4.69) is 31.1 Å². The summed E-state index contributed by atoms with van der Waals surface area (Å²) in [5, 5.41) is 3.09. The lowest BCUT2D eigenvalue weighted by molar-refractivity contribution is -0.122. The van der Waals surface area contributed by atoms with Crippen LogP contribution < -0.4 is 11.1 Å². The summed E-state index contributed by atoms with van der Waals surface area (Å²) in [6.07, 6.45) is 6.65. The van der Waals surface area contributed by atoms with E-state index in [1.54, 1.807) is 12.5 Å². The summed E-state index contributed by atoms with van der Waals surface area (Å²) in [7, 11) is 0. The van der Waals surface area contributed by atoms with Crippen LogP contribution in [0.15, 0.2) is 18.7 Å². The fourth-order valence-electron chi connectivity index (χ4n) is 1.67. The van der Waals surface area contributed by atoms with Gasteiger partial charge in [-0.15, -0.1) is 0 Å². The highest BCUT2D eigenvalue weighted by atomic mass is 16.1. The molecule has 5 nitrogen and oxygen atoms in total. The molecule has 0 spiro atoms. The number of imidazole rings is 1. The van der Waals surface area contributed by atoms with Crippen molar-refractivity contribution in [2.75, 3.05) is 6.54 Å². The number of nitrogens with two attached hydrogens (primary N) is 1. The molecule has 0 aliphatic rings. The molecule has 0 aliphatic heterocycles. The minimum absolute atomic E-state index is 0.00262. The van der Waals surface area contributed by atoms with Crippen LogP contribution >= 0.6 is 0 Å². The first kappa shape index (κ1) is 14.7. The number of aromatic nitrogens is 2. The molecular formula is C13H24N4O. The molecule has 1 amide bonds. The zero-order chi connectivity index (χ0) is 13.6. The number of amides is 1. The van der Waals surface area contributed by atoms with Crippen LogP contribution in [-0.4, -0.2) is 28.0 Å². The zero-order valence-corrected chi connectivity index (χ0v) is 11.5. The Morgan fingerprint density at radius 1 is 1.50 bits per heavy atom. The molecule has 0 radical (unpaired) electrons. The average Bonchev–Trinajstić information content (AvgIpc) is 2.77. The minimum atomic E-state index is 0.00262. The maximum absolute atomic E-state index is 11.8. The van der Waals surface area contributed by atoms with Gasteiger partial charge in [-0.25, -0.2) is 4.98 Å². The van der Waals surface area contributed by atoms with Gasteiger partial charge in [0.05, 0.1) is 12.4 Å². The summed E-state index contributed by atoms with van der Waals surface area (Å²) in [6.45, 7) is 7.65. The van der Waals surface area contributed by atoms with Crippen LogP contribution in [0.3, 0.4) is 0 Å². The van der Waals surface area contributed by atoms with Gasteiger partial charge in [-0.2, -0.15) is 0 Å². The van der Waals surface area contributed by atoms with E-state index < -0.39 is 0 Å². The SMILES string of the molecule is CC(C)(C)C(Cn1ccnc1)NC(=O)CCCN. The number of carbonyl (C=O) groups is 1. The van der Waals surface area contributed by atoms with Gasteiger partial charge in [0, 0.05) is 25.4 Å². The topological polar surface area (TPSA) is 72.9 Å². The minimum Gasteiger partial charge on any atom is -0.351 e. The Balaban J connectivity index is 2.59. The molecule has 1 aromatic heterocycles. The largest absolute Gasteiger partial charge is 0.351 e. The van der Waals surface area contributed by atoms with Gasteiger partial charge < -0.3 is 15.6 Å². The maximum Gasteiger partial charge on any atom is 0.220 e. The standard InChI is InChI=1S/C13H24N4O/c1-13(2,3)11(9-17-8-7-15-10-17)16-12(18)5-4-6-14/h7-8,10-11H,4-6,9,14H2,1-3H3,(H,16,18). The summed E-state index contributed by atoms with van der Waals surface area (Å²) < 4.78 is 1.99. The summed E-state index contributed by atoms with van der Waals surface area (Å²) in [4.78, 5) is 15.8. The van der Waals surface area contributed by atoms with Crippen molar-refractivity contribution < 1.29 is 4.79 Å². The molecule has 1 atom stereocenters. The first-order valence-corrected chi connectivity index (χ1v) is 6.38. The van der Waals surface area contributed by atoms with Gasteiger partial charge in [0.1, 0.15) is 0 Å². The predicted octanol–water partition coefficient (Wildman–Crippen LogP) is 1.15. The van der Waals surface area contributed by atoms with E-state index in [9.17, 15) is 4.79 Å². The Morgan fingerprint density at radius 3 is 2.72 bits per heavy atom. The molecule has 102 valence electrons. The first-order valence-electron chi connectivity index (χ1n) is 6.38. The van der Waals surface area contributed by atoms with Crippen LogP contribution in [0, 0.1) is 5.41 Å². The van der Waals surface area contributed by atoms with Crippen molar-refractivity contribution in [3.05, 3.63) is 18.7 Å². The molecule has 0 aliphatic carbocycles. The van der Waals surface area contributed by atoms with E-state index in [1.165, 1.54) is 0 Å². The van der Waals surface area contributed by atoms with E-state index in [1.807, 2.05) is 10.8 Å². The highest BCUT2D eigenvalue weighted by molar-refractivity contribution is 5.76. The van der Waals surface area contributed by atoms with Crippen molar-refractivity contribution >= 4 is 5.91 Å². The van der Waals surface area contributed by atoms with Crippen molar-refractivity contribution in [2.24, 2.45) is 11.1 Å². The van der Waals surface area contributed by atoms with Crippen LogP contribution in [0.25, 0.3) is 0 Å². The van der Waals surface area contributed by atoms with Gasteiger partial charge in [0.15, 0.2) is 0 Å². The molecule has 1 aromatic rings. The van der Waals surface area contributed by atoms with Gasteiger partial charge in [0.2, 0.25) is 5.91 Å². The van der Waals surface area contributed by atoms with Crippen LogP contribution in [0.2, 0.25) is 0 Å². The van der Waals surface area contributed by atoms with Crippen LogP contribution in [-0.2, 0) is 11.3 Å². The van der Waals surface area contributed by atoms with Gasteiger partial charge in [-0.05, 0) is 18.4 Å². The number of hydrogen-bond acceptors (Lipinski definition) is 3. The van der Waals surface area contributed by atoms with Crippen LogP contribution in [0.5, 0.6) is 0 Å². The maximum atomic E-state index is 11.8. The molecule has 18 heavy (non-hydrogen) atoms. The fraction of sp³-hybridized carbons (Fsp3) is 0.692. The van der Waals surface area contributed by atoms with Crippen molar-refractivity contribution in [1.82, 2.24) is 14.9 Å². The van der Waals surface area contributed by atoms with E-state index in [-0.39, 0.29) is 17.4 Å². The first-order chi connectivity index (χ1) is 8.43. The van der Waals surface area contributed by atoms with Crippen molar-refractivity contribution in [3.63, 3.8) is 0 Å². The molecule has 1 rings (SSSR count). The Hall–Kier alpha value is -1.36. The van der Waals surface area contributed by atoms with E-state index in [0.717, 1.165) is 13.0 Å². The molecule has 0 bridgehead atoms. The lowest BCUT2D eigenvalue weighted by atomic mass is 9.86. The molecule has 0 saturated heterocycles. The van der Waals surface area contributed by atoms with Gasteiger partial charge >= 0.3 is 0 Å². The monoisotopic (exact) mass is 252 g/mol. The molecule has 0 fully saturated rings. The molecule has 5 heteroatoms. The Bertz CT molecular complexity index is 354. The van der Waals surface area contributed by atoms with Gasteiger partial charge in [-0.1, -0.05) is 20.8 Å². The lowest BCUT2D eigenvalue weighted by Gasteiger charge is -2.31. The quantitative estimate of drug-likeness (QED) is 0.797. The summed E-state index contributed by atoms with van der Waals surface area (Å²) in [6, 6.07) is 0.0805. The molecule has 3 N–H and O–H groups in total. The fourth-order valence-corrected chi connectivity index (χ4v) is 1.67. The number of hydrogen-bond donors (Lipinski definition) is 2. The third-order valence-corrected chi connectivity index (χ3v) is 2.94. The predicted molar refractivity (Wildman–Crippen MR) is 71.9 cm³/mol.